The molecule has 2 aliphatic heterocycles. The molecule has 2 fully saturated rings. The van der Waals surface area contributed by atoms with Crippen LogP contribution in [0.25, 0.3) is 0 Å². The molecule has 0 bridgehead atoms. The minimum atomic E-state index is -0.246. The number of halogens is 1. The summed E-state index contributed by atoms with van der Waals surface area (Å²) in [6.45, 7) is 6.20. The molecular formula is C11H21ClN2O2. The van der Waals surface area contributed by atoms with Crippen LogP contribution in [0.1, 0.15) is 19.8 Å². The Hall–Kier alpha value is -0.320. The van der Waals surface area contributed by atoms with Crippen LogP contribution in [0.5, 0.6) is 0 Å². The number of carbonyl (C=O) groups is 1. The molecule has 1 unspecified atom stereocenters. The quantitative estimate of drug-likeness (QED) is 0.741. The summed E-state index contributed by atoms with van der Waals surface area (Å²) in [5, 5.41) is 3.19. The largest absolute Gasteiger partial charge is 0.366 e. The van der Waals surface area contributed by atoms with Gasteiger partial charge in [0.25, 0.3) is 5.91 Å². The van der Waals surface area contributed by atoms with E-state index in [0.717, 1.165) is 26.1 Å². The highest BCUT2D eigenvalue weighted by molar-refractivity contribution is 5.85. The first-order valence-electron chi connectivity index (χ1n) is 5.88. The van der Waals surface area contributed by atoms with E-state index in [1.807, 2.05) is 4.90 Å². The second-order valence-corrected chi connectivity index (χ2v) is 4.60. The summed E-state index contributed by atoms with van der Waals surface area (Å²) in [6.07, 6.45) is 2.13. The summed E-state index contributed by atoms with van der Waals surface area (Å²) in [7, 11) is 0. The zero-order valence-electron chi connectivity index (χ0n) is 9.78. The molecule has 0 spiro atoms. The lowest BCUT2D eigenvalue weighted by atomic mass is 10.00. The molecule has 0 aromatic carbocycles. The first-order chi connectivity index (χ1) is 7.27. The van der Waals surface area contributed by atoms with Gasteiger partial charge in [-0.15, -0.1) is 12.4 Å². The number of hydrogen-bond donors (Lipinski definition) is 1. The van der Waals surface area contributed by atoms with Gasteiger partial charge in [0.1, 0.15) is 6.10 Å². The smallest absolute Gasteiger partial charge is 0.253 e. The highest BCUT2D eigenvalue weighted by Gasteiger charge is 2.29. The topological polar surface area (TPSA) is 41.6 Å². The second kappa shape index (κ2) is 6.42. The Morgan fingerprint density at radius 3 is 2.94 bits per heavy atom. The lowest BCUT2D eigenvalue weighted by Crippen LogP contribution is -2.51. The predicted molar refractivity (Wildman–Crippen MR) is 64.8 cm³/mol. The molecule has 16 heavy (non-hydrogen) atoms. The highest BCUT2D eigenvalue weighted by atomic mass is 35.5. The predicted octanol–water partition coefficient (Wildman–Crippen LogP) is 0.655. The van der Waals surface area contributed by atoms with Gasteiger partial charge in [0.15, 0.2) is 0 Å². The van der Waals surface area contributed by atoms with Crippen LogP contribution in [-0.2, 0) is 9.53 Å². The lowest BCUT2D eigenvalue weighted by molar-refractivity contribution is -0.146. The first kappa shape index (κ1) is 13.7. The monoisotopic (exact) mass is 248 g/mol. The van der Waals surface area contributed by atoms with Crippen LogP contribution in [0.2, 0.25) is 0 Å². The van der Waals surface area contributed by atoms with Crippen molar-refractivity contribution < 1.29 is 9.53 Å². The third-order valence-corrected chi connectivity index (χ3v) is 3.17. The Morgan fingerprint density at radius 2 is 2.31 bits per heavy atom. The summed E-state index contributed by atoms with van der Waals surface area (Å²) in [4.78, 5) is 14.0. The van der Waals surface area contributed by atoms with Gasteiger partial charge in [-0.1, -0.05) is 6.92 Å². The zero-order valence-corrected chi connectivity index (χ0v) is 10.6. The van der Waals surface area contributed by atoms with Gasteiger partial charge in [0.2, 0.25) is 0 Å². The maximum absolute atomic E-state index is 12.1. The van der Waals surface area contributed by atoms with Crippen LogP contribution in [0.4, 0.5) is 0 Å². The number of carbonyl (C=O) groups excluding carboxylic acids is 1. The van der Waals surface area contributed by atoms with Crippen LogP contribution < -0.4 is 5.32 Å². The molecule has 0 aliphatic carbocycles. The summed E-state index contributed by atoms with van der Waals surface area (Å²) in [5.41, 5.74) is 0. The average molecular weight is 249 g/mol. The lowest BCUT2D eigenvalue weighted by Gasteiger charge is -2.34. The van der Waals surface area contributed by atoms with Crippen molar-refractivity contribution in [3.8, 4) is 0 Å². The van der Waals surface area contributed by atoms with E-state index in [9.17, 15) is 4.79 Å². The van der Waals surface area contributed by atoms with E-state index >= 15 is 0 Å². The number of amides is 1. The van der Waals surface area contributed by atoms with Crippen LogP contribution >= 0.6 is 12.4 Å². The molecule has 94 valence electrons. The number of likely N-dealkylation sites (tertiary alicyclic amines) is 1. The van der Waals surface area contributed by atoms with Crippen LogP contribution in [0.3, 0.4) is 0 Å². The Balaban J connectivity index is 0.00000128. The Bertz CT molecular complexity index is 232. The third kappa shape index (κ3) is 3.34. The van der Waals surface area contributed by atoms with Gasteiger partial charge < -0.3 is 15.0 Å². The fourth-order valence-corrected chi connectivity index (χ4v) is 2.32. The van der Waals surface area contributed by atoms with Crippen molar-refractivity contribution in [1.82, 2.24) is 10.2 Å². The molecule has 2 saturated heterocycles. The number of rotatable bonds is 1. The Kier molecular flexibility index (Phi) is 5.52. The molecule has 2 atom stereocenters. The summed E-state index contributed by atoms with van der Waals surface area (Å²) in [6, 6.07) is 0. The molecule has 2 rings (SSSR count). The molecule has 0 aromatic heterocycles. The third-order valence-electron chi connectivity index (χ3n) is 3.17. The van der Waals surface area contributed by atoms with Gasteiger partial charge >= 0.3 is 0 Å². The zero-order chi connectivity index (χ0) is 10.7. The summed E-state index contributed by atoms with van der Waals surface area (Å²) < 4.78 is 5.47. The molecular weight excluding hydrogens is 228 g/mol. The maximum atomic E-state index is 12.1. The number of ether oxygens (including phenoxy) is 1. The SMILES string of the molecule is CC1CCCN(C(=O)[C@H]2CNCCO2)C1.Cl. The van der Waals surface area contributed by atoms with Gasteiger partial charge in [-0.25, -0.2) is 0 Å². The van der Waals surface area contributed by atoms with Crippen molar-refractivity contribution in [3.63, 3.8) is 0 Å². The molecule has 0 radical (unpaired) electrons. The van der Waals surface area contributed by atoms with E-state index in [-0.39, 0.29) is 24.4 Å². The molecule has 2 aliphatic rings. The molecule has 0 aromatic rings. The normalized spacial score (nSPS) is 30.7. The number of nitrogens with zero attached hydrogens (tertiary/aromatic N) is 1. The van der Waals surface area contributed by atoms with Crippen molar-refractivity contribution in [2.75, 3.05) is 32.8 Å². The number of hydrogen-bond acceptors (Lipinski definition) is 3. The van der Waals surface area contributed by atoms with Crippen LogP contribution in [0.15, 0.2) is 0 Å². The Morgan fingerprint density at radius 1 is 1.50 bits per heavy atom. The van der Waals surface area contributed by atoms with E-state index in [1.165, 1.54) is 6.42 Å². The number of morpholine rings is 1. The number of piperidine rings is 1. The molecule has 1 amide bonds. The van der Waals surface area contributed by atoms with Crippen molar-refractivity contribution in [2.24, 2.45) is 5.92 Å². The van der Waals surface area contributed by atoms with E-state index in [2.05, 4.69) is 12.2 Å². The van der Waals surface area contributed by atoms with Gasteiger partial charge in [0.05, 0.1) is 6.61 Å². The van der Waals surface area contributed by atoms with Crippen LogP contribution in [-0.4, -0.2) is 49.7 Å². The fraction of sp³-hybridized carbons (Fsp3) is 0.909. The first-order valence-corrected chi connectivity index (χ1v) is 5.88. The number of nitrogens with one attached hydrogen (secondary N) is 1. The molecule has 5 heteroatoms. The second-order valence-electron chi connectivity index (χ2n) is 4.60. The maximum Gasteiger partial charge on any atom is 0.253 e. The summed E-state index contributed by atoms with van der Waals surface area (Å²) >= 11 is 0. The van der Waals surface area contributed by atoms with Crippen molar-refractivity contribution in [2.45, 2.75) is 25.9 Å². The van der Waals surface area contributed by atoms with Gasteiger partial charge in [-0.05, 0) is 18.8 Å². The van der Waals surface area contributed by atoms with Crippen molar-refractivity contribution in [1.29, 1.82) is 0 Å². The van der Waals surface area contributed by atoms with Crippen molar-refractivity contribution in [3.05, 3.63) is 0 Å². The average Bonchev–Trinajstić information content (AvgIpc) is 2.29. The van der Waals surface area contributed by atoms with E-state index < -0.39 is 0 Å². The van der Waals surface area contributed by atoms with Gasteiger partial charge in [0, 0.05) is 26.2 Å². The van der Waals surface area contributed by atoms with E-state index in [4.69, 9.17) is 4.74 Å². The van der Waals surface area contributed by atoms with Crippen molar-refractivity contribution >= 4 is 18.3 Å². The minimum absolute atomic E-state index is 0. The summed E-state index contributed by atoms with van der Waals surface area (Å²) in [5.74, 6) is 0.813. The molecule has 2 heterocycles. The van der Waals surface area contributed by atoms with E-state index in [0.29, 0.717) is 19.1 Å². The minimum Gasteiger partial charge on any atom is -0.366 e. The Labute approximate surface area is 103 Å². The molecule has 4 nitrogen and oxygen atoms in total. The standard InChI is InChI=1S/C11H20N2O2.ClH/c1-9-3-2-5-13(8-9)11(14)10-7-12-4-6-15-10;/h9-10,12H,2-8H2,1H3;1H/t9?,10-;/m1./s1. The molecule has 0 saturated carbocycles. The fourth-order valence-electron chi connectivity index (χ4n) is 2.32. The van der Waals surface area contributed by atoms with E-state index in [1.54, 1.807) is 0 Å². The van der Waals surface area contributed by atoms with Crippen LogP contribution in [0, 0.1) is 5.92 Å². The van der Waals surface area contributed by atoms with Gasteiger partial charge in [-0.2, -0.15) is 0 Å². The molecule has 1 N–H and O–H groups in total. The highest BCUT2D eigenvalue weighted by Crippen LogP contribution is 2.17. The van der Waals surface area contributed by atoms with Gasteiger partial charge in [-0.3, -0.25) is 4.79 Å².